The number of anilines is 1. The molecular formula is C15H18N6OS. The van der Waals surface area contributed by atoms with Gasteiger partial charge in [0.05, 0.1) is 11.4 Å². The molecule has 0 atom stereocenters. The minimum atomic E-state index is -0.157. The molecule has 4 N–H and O–H groups in total. The molecule has 3 rings (SSSR count). The smallest absolute Gasteiger partial charge is 0.269 e. The van der Waals surface area contributed by atoms with E-state index in [9.17, 15) is 4.79 Å². The first kappa shape index (κ1) is 15.3. The van der Waals surface area contributed by atoms with Crippen LogP contribution in [0.3, 0.4) is 0 Å². The van der Waals surface area contributed by atoms with Crippen LogP contribution < -0.4 is 11.1 Å². The molecule has 0 spiro atoms. The summed E-state index contributed by atoms with van der Waals surface area (Å²) in [4.78, 5) is 16.3. The fourth-order valence-electron chi connectivity index (χ4n) is 2.30. The Morgan fingerprint density at radius 3 is 3.09 bits per heavy atom. The minimum Gasteiger partial charge on any atom is -0.375 e. The third-order valence-corrected chi connectivity index (χ3v) is 4.22. The zero-order valence-corrected chi connectivity index (χ0v) is 13.6. The van der Waals surface area contributed by atoms with Crippen molar-refractivity contribution in [2.45, 2.75) is 12.8 Å². The molecule has 0 saturated heterocycles. The van der Waals surface area contributed by atoms with Gasteiger partial charge in [0.1, 0.15) is 11.4 Å². The van der Waals surface area contributed by atoms with Crippen molar-refractivity contribution in [3.8, 4) is 11.4 Å². The highest BCUT2D eigenvalue weighted by molar-refractivity contribution is 7.13. The van der Waals surface area contributed by atoms with E-state index in [2.05, 4.69) is 20.5 Å². The van der Waals surface area contributed by atoms with Crippen molar-refractivity contribution in [3.05, 3.63) is 41.2 Å². The number of carbonyl (C=O) groups is 1. The zero-order valence-electron chi connectivity index (χ0n) is 12.7. The van der Waals surface area contributed by atoms with Crippen LogP contribution in [0.5, 0.6) is 0 Å². The Morgan fingerprint density at radius 2 is 2.39 bits per heavy atom. The summed E-state index contributed by atoms with van der Waals surface area (Å²) in [6.45, 7) is 0.578. The third kappa shape index (κ3) is 3.59. The molecule has 1 amide bonds. The monoisotopic (exact) mass is 330 g/mol. The predicted molar refractivity (Wildman–Crippen MR) is 90.2 cm³/mol. The second-order valence-corrected chi connectivity index (χ2v) is 6.10. The van der Waals surface area contributed by atoms with Crippen LogP contribution in [0.1, 0.15) is 22.6 Å². The summed E-state index contributed by atoms with van der Waals surface area (Å²) in [5, 5.41) is 12.4. The Kier molecular flexibility index (Phi) is 4.42. The lowest BCUT2D eigenvalue weighted by atomic mass is 10.2. The SMILES string of the molecule is Cn1cccc1-c1cc(C(=O)NCCCc2csc(N)n2)[nH]n1. The van der Waals surface area contributed by atoms with Crippen molar-refractivity contribution in [3.63, 3.8) is 0 Å². The first-order chi connectivity index (χ1) is 11.1. The van der Waals surface area contributed by atoms with Crippen LogP contribution in [-0.2, 0) is 13.5 Å². The molecule has 0 unspecified atom stereocenters. The number of nitrogens with two attached hydrogens (primary N) is 1. The fourth-order valence-corrected chi connectivity index (χ4v) is 2.90. The number of hydrogen-bond donors (Lipinski definition) is 3. The number of amides is 1. The van der Waals surface area contributed by atoms with Crippen LogP contribution in [0.25, 0.3) is 11.4 Å². The molecule has 0 aromatic carbocycles. The van der Waals surface area contributed by atoms with Crippen LogP contribution in [0.15, 0.2) is 29.8 Å². The van der Waals surface area contributed by atoms with Gasteiger partial charge < -0.3 is 15.6 Å². The number of aromatic nitrogens is 4. The summed E-state index contributed by atoms with van der Waals surface area (Å²) in [5.74, 6) is -0.157. The Bertz CT molecular complexity index is 802. The Morgan fingerprint density at radius 1 is 1.52 bits per heavy atom. The van der Waals surface area contributed by atoms with Crippen LogP contribution in [0.2, 0.25) is 0 Å². The summed E-state index contributed by atoms with van der Waals surface area (Å²) in [5.41, 5.74) is 8.72. The van der Waals surface area contributed by atoms with Gasteiger partial charge in [0.25, 0.3) is 5.91 Å². The van der Waals surface area contributed by atoms with Gasteiger partial charge in [-0.05, 0) is 31.0 Å². The van der Waals surface area contributed by atoms with Gasteiger partial charge >= 0.3 is 0 Å². The van der Waals surface area contributed by atoms with Gasteiger partial charge in [0.15, 0.2) is 5.13 Å². The van der Waals surface area contributed by atoms with Gasteiger partial charge in [0, 0.05) is 25.2 Å². The van der Waals surface area contributed by atoms with E-state index in [4.69, 9.17) is 5.73 Å². The Hall–Kier alpha value is -2.61. The number of aryl methyl sites for hydroxylation is 2. The second-order valence-electron chi connectivity index (χ2n) is 5.21. The minimum absolute atomic E-state index is 0.157. The molecule has 7 nitrogen and oxygen atoms in total. The molecule has 0 fully saturated rings. The largest absolute Gasteiger partial charge is 0.375 e. The number of nitrogens with one attached hydrogen (secondary N) is 2. The first-order valence-corrected chi connectivity index (χ1v) is 8.16. The molecule has 120 valence electrons. The second kappa shape index (κ2) is 6.66. The Labute approximate surface area is 137 Å². The number of rotatable bonds is 6. The van der Waals surface area contributed by atoms with Gasteiger partial charge in [-0.2, -0.15) is 5.10 Å². The standard InChI is InChI=1S/C15H18N6OS/c1-21-7-3-5-13(21)11-8-12(20-19-11)14(22)17-6-2-4-10-9-23-15(16)18-10/h3,5,7-9H,2,4,6H2,1H3,(H2,16,18)(H,17,22)(H,19,20). The summed E-state index contributed by atoms with van der Waals surface area (Å²) in [6.07, 6.45) is 3.55. The van der Waals surface area contributed by atoms with E-state index in [1.807, 2.05) is 35.3 Å². The molecule has 23 heavy (non-hydrogen) atoms. The highest BCUT2D eigenvalue weighted by atomic mass is 32.1. The molecule has 0 bridgehead atoms. The molecule has 0 radical (unpaired) electrons. The van der Waals surface area contributed by atoms with E-state index in [0.29, 0.717) is 17.4 Å². The lowest BCUT2D eigenvalue weighted by Gasteiger charge is -2.02. The summed E-state index contributed by atoms with van der Waals surface area (Å²) in [6, 6.07) is 5.65. The van der Waals surface area contributed by atoms with E-state index >= 15 is 0 Å². The van der Waals surface area contributed by atoms with Crippen molar-refractivity contribution < 1.29 is 4.79 Å². The number of H-pyrrole nitrogens is 1. The fraction of sp³-hybridized carbons (Fsp3) is 0.267. The van der Waals surface area contributed by atoms with Crippen molar-refractivity contribution in [2.75, 3.05) is 12.3 Å². The van der Waals surface area contributed by atoms with Crippen molar-refractivity contribution in [2.24, 2.45) is 7.05 Å². The molecule has 3 aromatic heterocycles. The number of carbonyl (C=O) groups excluding carboxylic acids is 1. The number of nitrogens with zero attached hydrogens (tertiary/aromatic N) is 3. The van der Waals surface area contributed by atoms with Gasteiger partial charge in [0.2, 0.25) is 0 Å². The molecule has 3 aromatic rings. The molecule has 3 heterocycles. The average Bonchev–Trinajstić information content (AvgIpc) is 3.24. The van der Waals surface area contributed by atoms with Crippen LogP contribution in [-0.4, -0.2) is 32.2 Å². The van der Waals surface area contributed by atoms with E-state index in [-0.39, 0.29) is 5.91 Å². The van der Waals surface area contributed by atoms with Crippen molar-refractivity contribution in [1.82, 2.24) is 25.1 Å². The molecule has 0 aliphatic rings. The molecule has 8 heteroatoms. The topological polar surface area (TPSA) is 102 Å². The van der Waals surface area contributed by atoms with E-state index < -0.39 is 0 Å². The lowest BCUT2D eigenvalue weighted by molar-refractivity contribution is 0.0948. The molecular weight excluding hydrogens is 312 g/mol. The van der Waals surface area contributed by atoms with E-state index in [1.165, 1.54) is 11.3 Å². The number of aromatic amines is 1. The maximum absolute atomic E-state index is 12.1. The number of thiazole rings is 1. The van der Waals surface area contributed by atoms with Crippen LogP contribution in [0.4, 0.5) is 5.13 Å². The van der Waals surface area contributed by atoms with Gasteiger partial charge in [-0.25, -0.2) is 4.98 Å². The van der Waals surface area contributed by atoms with Crippen LogP contribution in [0, 0.1) is 0 Å². The predicted octanol–water partition coefficient (Wildman–Crippen LogP) is 1.82. The van der Waals surface area contributed by atoms with Gasteiger partial charge in [-0.1, -0.05) is 0 Å². The van der Waals surface area contributed by atoms with Crippen molar-refractivity contribution >= 4 is 22.4 Å². The quantitative estimate of drug-likeness (QED) is 0.600. The normalized spacial score (nSPS) is 10.8. The lowest BCUT2D eigenvalue weighted by Crippen LogP contribution is -2.25. The molecule has 0 aliphatic heterocycles. The highest BCUT2D eigenvalue weighted by Crippen LogP contribution is 2.17. The number of hydrogen-bond acceptors (Lipinski definition) is 5. The Balaban J connectivity index is 1.51. The third-order valence-electron chi connectivity index (χ3n) is 3.49. The summed E-state index contributed by atoms with van der Waals surface area (Å²) < 4.78 is 1.96. The van der Waals surface area contributed by atoms with Crippen LogP contribution >= 0.6 is 11.3 Å². The maximum Gasteiger partial charge on any atom is 0.269 e. The zero-order chi connectivity index (χ0) is 16.2. The summed E-state index contributed by atoms with van der Waals surface area (Å²) >= 11 is 1.43. The average molecular weight is 330 g/mol. The summed E-state index contributed by atoms with van der Waals surface area (Å²) in [7, 11) is 1.94. The molecule has 0 aliphatic carbocycles. The van der Waals surface area contributed by atoms with Gasteiger partial charge in [-0.3, -0.25) is 9.89 Å². The van der Waals surface area contributed by atoms with E-state index in [0.717, 1.165) is 29.9 Å². The highest BCUT2D eigenvalue weighted by Gasteiger charge is 2.12. The van der Waals surface area contributed by atoms with Gasteiger partial charge in [-0.15, -0.1) is 11.3 Å². The number of nitrogen functional groups attached to an aromatic ring is 1. The molecule has 0 saturated carbocycles. The first-order valence-electron chi connectivity index (χ1n) is 7.28. The van der Waals surface area contributed by atoms with Crippen molar-refractivity contribution in [1.29, 1.82) is 0 Å². The maximum atomic E-state index is 12.1. The van der Waals surface area contributed by atoms with E-state index in [1.54, 1.807) is 6.07 Å².